The van der Waals surface area contributed by atoms with Gasteiger partial charge in [0.1, 0.15) is 10.7 Å². The van der Waals surface area contributed by atoms with Crippen LogP contribution in [0, 0.1) is 5.92 Å². The molecule has 5 rings (SSSR count). The summed E-state index contributed by atoms with van der Waals surface area (Å²) in [6.07, 6.45) is 5.95. The Balaban J connectivity index is 1.07. The molecular formula is C24H34N4O3S2. The van der Waals surface area contributed by atoms with E-state index in [-0.39, 0.29) is 11.5 Å². The molecule has 1 N–H and O–H groups in total. The van der Waals surface area contributed by atoms with Gasteiger partial charge in [0.2, 0.25) is 5.91 Å². The summed E-state index contributed by atoms with van der Waals surface area (Å²) in [5.74, 6) is 2.53. The van der Waals surface area contributed by atoms with E-state index >= 15 is 0 Å². The summed E-state index contributed by atoms with van der Waals surface area (Å²) in [4.78, 5) is 39.7. The molecule has 2 aromatic rings. The molecule has 1 aliphatic carbocycles. The fourth-order valence-corrected chi connectivity index (χ4v) is 7.68. The zero-order valence-corrected chi connectivity index (χ0v) is 21.2. The van der Waals surface area contributed by atoms with Gasteiger partial charge in [-0.2, -0.15) is 0 Å². The van der Waals surface area contributed by atoms with Crippen LogP contribution in [0.2, 0.25) is 0 Å². The van der Waals surface area contributed by atoms with Crippen LogP contribution in [0.25, 0.3) is 10.2 Å². The number of H-pyrrole nitrogens is 1. The zero-order valence-electron chi connectivity index (χ0n) is 19.6. The number of piperidine rings is 1. The van der Waals surface area contributed by atoms with E-state index in [1.54, 1.807) is 23.1 Å². The molecule has 2 fully saturated rings. The van der Waals surface area contributed by atoms with Gasteiger partial charge in [-0.25, -0.2) is 4.98 Å². The number of thiophene rings is 1. The lowest BCUT2D eigenvalue weighted by Gasteiger charge is -2.39. The lowest BCUT2D eigenvalue weighted by Crippen LogP contribution is -2.48. The summed E-state index contributed by atoms with van der Waals surface area (Å²) >= 11 is 3.21. The van der Waals surface area contributed by atoms with E-state index in [0.717, 1.165) is 75.0 Å². The van der Waals surface area contributed by atoms with Crippen molar-refractivity contribution in [2.45, 2.75) is 63.9 Å². The molecule has 4 heterocycles. The average molecular weight is 491 g/mol. The number of aromatic amines is 1. The third-order valence-corrected chi connectivity index (χ3v) is 9.18. The van der Waals surface area contributed by atoms with Crippen LogP contribution in [0.1, 0.15) is 49.4 Å². The molecule has 0 spiro atoms. The van der Waals surface area contributed by atoms with Crippen molar-refractivity contribution in [3.63, 3.8) is 0 Å². The second-order valence-corrected chi connectivity index (χ2v) is 11.9. The van der Waals surface area contributed by atoms with E-state index in [9.17, 15) is 9.59 Å². The first-order valence-corrected chi connectivity index (χ1v) is 14.2. The minimum Gasteiger partial charge on any atom is -0.373 e. The number of hydrogen-bond acceptors (Lipinski definition) is 7. The SMILES string of the molecule is CC1CN(CC2CCN(C(=O)CSCc3nc4sc5c(c4c(=O)[nH]3)CCC5)CC2)CC(C)O1. The molecule has 2 saturated heterocycles. The molecule has 2 unspecified atom stereocenters. The molecule has 3 aliphatic rings. The molecule has 2 aromatic heterocycles. The number of aryl methyl sites for hydroxylation is 2. The van der Waals surface area contributed by atoms with Crippen LogP contribution in [-0.4, -0.2) is 76.4 Å². The van der Waals surface area contributed by atoms with Crippen molar-refractivity contribution in [3.05, 3.63) is 26.6 Å². The maximum atomic E-state index is 12.7. The molecule has 9 heteroatoms. The second-order valence-electron chi connectivity index (χ2n) is 9.84. The van der Waals surface area contributed by atoms with Crippen LogP contribution in [0.4, 0.5) is 0 Å². The summed E-state index contributed by atoms with van der Waals surface area (Å²) in [6, 6.07) is 0. The Morgan fingerprint density at radius 1 is 1.21 bits per heavy atom. The van der Waals surface area contributed by atoms with Gasteiger partial charge in [-0.1, -0.05) is 0 Å². The molecule has 0 aromatic carbocycles. The first kappa shape index (κ1) is 23.3. The Hall–Kier alpha value is -1.42. The van der Waals surface area contributed by atoms with E-state index < -0.39 is 0 Å². The number of morpholine rings is 1. The van der Waals surface area contributed by atoms with Crippen LogP contribution in [-0.2, 0) is 28.1 Å². The summed E-state index contributed by atoms with van der Waals surface area (Å²) in [6.45, 7) is 9.13. The van der Waals surface area contributed by atoms with Crippen LogP contribution in [0.3, 0.4) is 0 Å². The zero-order chi connectivity index (χ0) is 22.9. The Morgan fingerprint density at radius 3 is 2.73 bits per heavy atom. The molecule has 0 saturated carbocycles. The lowest BCUT2D eigenvalue weighted by molar-refractivity contribution is -0.129. The van der Waals surface area contributed by atoms with Gasteiger partial charge in [0.05, 0.1) is 29.1 Å². The summed E-state index contributed by atoms with van der Waals surface area (Å²) in [5.41, 5.74) is 1.19. The van der Waals surface area contributed by atoms with Gasteiger partial charge >= 0.3 is 0 Å². The van der Waals surface area contributed by atoms with Gasteiger partial charge in [-0.05, 0) is 57.4 Å². The van der Waals surface area contributed by atoms with Crippen molar-refractivity contribution in [1.82, 2.24) is 19.8 Å². The highest BCUT2D eigenvalue weighted by molar-refractivity contribution is 7.99. The normalized spacial score (nSPS) is 24.5. The van der Waals surface area contributed by atoms with Crippen LogP contribution in [0.5, 0.6) is 0 Å². The fourth-order valence-electron chi connectivity index (χ4n) is 5.61. The van der Waals surface area contributed by atoms with E-state index in [2.05, 4.69) is 28.7 Å². The number of thioether (sulfide) groups is 1. The lowest BCUT2D eigenvalue weighted by atomic mass is 9.95. The van der Waals surface area contributed by atoms with E-state index in [1.807, 2.05) is 4.90 Å². The molecule has 1 amide bonds. The first-order chi connectivity index (χ1) is 16.0. The first-order valence-electron chi connectivity index (χ1n) is 12.2. The maximum absolute atomic E-state index is 12.7. The Kier molecular flexibility index (Phi) is 7.11. The smallest absolute Gasteiger partial charge is 0.259 e. The van der Waals surface area contributed by atoms with Crippen molar-refractivity contribution in [3.8, 4) is 0 Å². The number of ether oxygens (including phenoxy) is 1. The molecule has 180 valence electrons. The Bertz CT molecular complexity index is 1050. The highest BCUT2D eigenvalue weighted by Crippen LogP contribution is 2.34. The molecule has 33 heavy (non-hydrogen) atoms. The third-order valence-electron chi connectivity index (χ3n) is 7.07. The molecule has 2 atom stereocenters. The number of nitrogens with zero attached hydrogens (tertiary/aromatic N) is 3. The van der Waals surface area contributed by atoms with E-state index in [0.29, 0.717) is 35.5 Å². The van der Waals surface area contributed by atoms with Gasteiger partial charge < -0.3 is 14.6 Å². The quantitative estimate of drug-likeness (QED) is 0.671. The molecule has 7 nitrogen and oxygen atoms in total. The molecule has 2 aliphatic heterocycles. The van der Waals surface area contributed by atoms with Crippen LogP contribution in [0.15, 0.2) is 4.79 Å². The minimum atomic E-state index is -0.0209. The maximum Gasteiger partial charge on any atom is 0.259 e. The second kappa shape index (κ2) is 10.1. The van der Waals surface area contributed by atoms with Gasteiger partial charge in [-0.15, -0.1) is 23.1 Å². The number of carbonyl (C=O) groups is 1. The highest BCUT2D eigenvalue weighted by atomic mass is 32.2. The predicted molar refractivity (Wildman–Crippen MR) is 134 cm³/mol. The highest BCUT2D eigenvalue weighted by Gasteiger charge is 2.28. The Morgan fingerprint density at radius 2 is 1.97 bits per heavy atom. The van der Waals surface area contributed by atoms with Crippen molar-refractivity contribution in [1.29, 1.82) is 0 Å². The molecular weight excluding hydrogens is 456 g/mol. The van der Waals surface area contributed by atoms with E-state index in [4.69, 9.17) is 4.74 Å². The summed E-state index contributed by atoms with van der Waals surface area (Å²) in [5, 5.41) is 0.793. The minimum absolute atomic E-state index is 0.0209. The number of nitrogens with one attached hydrogen (secondary N) is 1. The van der Waals surface area contributed by atoms with Gasteiger partial charge in [-0.3, -0.25) is 14.5 Å². The summed E-state index contributed by atoms with van der Waals surface area (Å²) in [7, 11) is 0. The third kappa shape index (κ3) is 5.31. The van der Waals surface area contributed by atoms with E-state index in [1.165, 1.54) is 10.4 Å². The van der Waals surface area contributed by atoms with Crippen molar-refractivity contribution >= 4 is 39.2 Å². The number of fused-ring (bicyclic) bond motifs is 3. The predicted octanol–water partition coefficient (Wildman–Crippen LogP) is 3.05. The number of hydrogen-bond donors (Lipinski definition) is 1. The van der Waals surface area contributed by atoms with Gasteiger partial charge in [0.25, 0.3) is 5.56 Å². The van der Waals surface area contributed by atoms with Crippen molar-refractivity contribution in [2.75, 3.05) is 38.5 Å². The van der Waals surface area contributed by atoms with Crippen molar-refractivity contribution < 1.29 is 9.53 Å². The van der Waals surface area contributed by atoms with Crippen LogP contribution < -0.4 is 5.56 Å². The van der Waals surface area contributed by atoms with Gasteiger partial charge in [0.15, 0.2) is 0 Å². The van der Waals surface area contributed by atoms with Crippen LogP contribution >= 0.6 is 23.1 Å². The topological polar surface area (TPSA) is 78.5 Å². The average Bonchev–Trinajstić information content (AvgIpc) is 3.34. The standard InChI is InChI=1S/C24H34N4O3S2/c1-15-10-27(11-16(2)31-15)12-17-6-8-28(9-7-17)21(29)14-32-13-20-25-23(30)22-18-4-3-5-19(18)33-24(22)26-20/h15-17H,3-14H2,1-2H3,(H,25,26,30). The number of aromatic nitrogens is 2. The molecule has 0 bridgehead atoms. The number of rotatable bonds is 6. The number of amides is 1. The molecule has 0 radical (unpaired) electrons. The summed E-state index contributed by atoms with van der Waals surface area (Å²) < 4.78 is 5.84. The largest absolute Gasteiger partial charge is 0.373 e. The monoisotopic (exact) mass is 490 g/mol. The van der Waals surface area contributed by atoms with Gasteiger partial charge in [0, 0.05) is 37.6 Å². The Labute approximate surface area is 203 Å². The fraction of sp³-hybridized carbons (Fsp3) is 0.708. The van der Waals surface area contributed by atoms with Crippen molar-refractivity contribution in [2.24, 2.45) is 5.92 Å². The number of likely N-dealkylation sites (tertiary alicyclic amines) is 1. The number of carbonyl (C=O) groups excluding carboxylic acids is 1.